The number of methoxy groups -OCH3 is 1. The molecule has 8 heteroatoms. The Morgan fingerprint density at radius 2 is 2.10 bits per heavy atom. The highest BCUT2D eigenvalue weighted by Gasteiger charge is 2.17. The van der Waals surface area contributed by atoms with Gasteiger partial charge in [0, 0.05) is 16.8 Å². The lowest BCUT2D eigenvalue weighted by atomic mass is 10.1. The van der Waals surface area contributed by atoms with Gasteiger partial charge in [-0.2, -0.15) is 9.50 Å². The summed E-state index contributed by atoms with van der Waals surface area (Å²) in [6.45, 7) is 0. The minimum Gasteiger partial charge on any atom is -0.463 e. The van der Waals surface area contributed by atoms with Crippen molar-refractivity contribution in [2.45, 2.75) is 0 Å². The summed E-state index contributed by atoms with van der Waals surface area (Å²) in [4.78, 5) is 19.6. The van der Waals surface area contributed by atoms with Crippen LogP contribution in [0.15, 0.2) is 30.5 Å². The van der Waals surface area contributed by atoms with E-state index < -0.39 is 5.97 Å². The van der Waals surface area contributed by atoms with Gasteiger partial charge < -0.3 is 4.74 Å². The van der Waals surface area contributed by atoms with Crippen LogP contribution in [0.4, 0.5) is 0 Å². The zero-order valence-electron chi connectivity index (χ0n) is 10.7. The molecule has 3 rings (SSSR count). The first kappa shape index (κ1) is 13.8. The highest BCUT2D eigenvalue weighted by atomic mass is 35.5. The molecule has 6 nitrogen and oxygen atoms in total. The molecule has 21 heavy (non-hydrogen) atoms. The fourth-order valence-corrected chi connectivity index (χ4v) is 2.26. The van der Waals surface area contributed by atoms with Gasteiger partial charge in [-0.25, -0.2) is 9.78 Å². The Bertz CT molecular complexity index is 847. The topological polar surface area (TPSA) is 69.4 Å². The number of nitrogens with zero attached hydrogens (tertiary/aromatic N) is 4. The molecule has 106 valence electrons. The van der Waals surface area contributed by atoms with Crippen molar-refractivity contribution in [3.63, 3.8) is 0 Å². The zero-order chi connectivity index (χ0) is 15.0. The first-order valence-electron chi connectivity index (χ1n) is 5.85. The van der Waals surface area contributed by atoms with Crippen LogP contribution >= 0.6 is 23.2 Å². The molecule has 3 aromatic rings. The van der Waals surface area contributed by atoms with Crippen molar-refractivity contribution in [1.82, 2.24) is 19.6 Å². The molecule has 0 saturated carbocycles. The second-order valence-corrected chi connectivity index (χ2v) is 4.94. The van der Waals surface area contributed by atoms with Crippen LogP contribution in [0, 0.1) is 0 Å². The zero-order valence-corrected chi connectivity index (χ0v) is 12.3. The van der Waals surface area contributed by atoms with Gasteiger partial charge in [0.15, 0.2) is 0 Å². The molecule has 0 unspecified atom stereocenters. The molecule has 0 saturated heterocycles. The third-order valence-corrected chi connectivity index (χ3v) is 3.38. The number of hydrogen-bond acceptors (Lipinski definition) is 5. The molecule has 0 aliphatic heterocycles. The summed E-state index contributed by atoms with van der Waals surface area (Å²) < 4.78 is 6.02. The summed E-state index contributed by atoms with van der Waals surface area (Å²) in [5, 5.41) is 5.13. The second-order valence-electron chi connectivity index (χ2n) is 4.09. The van der Waals surface area contributed by atoms with E-state index in [1.165, 1.54) is 11.6 Å². The molecule has 0 bridgehead atoms. The molecule has 0 N–H and O–H groups in total. The summed E-state index contributed by atoms with van der Waals surface area (Å²) in [5.74, 6) is -0.441. The van der Waals surface area contributed by atoms with E-state index in [1.807, 2.05) is 0 Å². The smallest absolute Gasteiger partial charge is 0.378 e. The third kappa shape index (κ3) is 2.43. The Hall–Kier alpha value is -2.18. The van der Waals surface area contributed by atoms with E-state index in [0.29, 0.717) is 21.3 Å². The van der Waals surface area contributed by atoms with E-state index in [-0.39, 0.29) is 11.6 Å². The highest BCUT2D eigenvalue weighted by molar-refractivity contribution is 6.35. The maximum Gasteiger partial charge on any atom is 0.378 e. The lowest BCUT2D eigenvalue weighted by molar-refractivity contribution is 0.0587. The SMILES string of the molecule is COC(=O)c1nc2nccc(-c3cc(Cl)ccc3Cl)n2n1. The molecular formula is C13H8Cl2N4O2. The standard InChI is InChI=1S/C13H8Cl2N4O2/c1-21-12(20)11-17-13-16-5-4-10(19(13)18-11)8-6-7(14)2-3-9(8)15/h2-6H,1H3. The lowest BCUT2D eigenvalue weighted by Crippen LogP contribution is -2.04. The van der Waals surface area contributed by atoms with Gasteiger partial charge in [0.1, 0.15) is 0 Å². The van der Waals surface area contributed by atoms with E-state index >= 15 is 0 Å². The Balaban J connectivity index is 2.25. The number of ether oxygens (including phenoxy) is 1. The Morgan fingerprint density at radius 3 is 2.86 bits per heavy atom. The molecule has 2 heterocycles. The number of carbonyl (C=O) groups is 1. The first-order valence-corrected chi connectivity index (χ1v) is 6.61. The van der Waals surface area contributed by atoms with Crippen molar-refractivity contribution in [1.29, 1.82) is 0 Å². The summed E-state index contributed by atoms with van der Waals surface area (Å²) in [5.41, 5.74) is 1.29. The largest absolute Gasteiger partial charge is 0.463 e. The second kappa shape index (κ2) is 5.31. The van der Waals surface area contributed by atoms with Gasteiger partial charge >= 0.3 is 5.97 Å². The average molecular weight is 323 g/mol. The molecular weight excluding hydrogens is 315 g/mol. The maximum atomic E-state index is 11.5. The van der Waals surface area contributed by atoms with Crippen LogP contribution < -0.4 is 0 Å². The number of carbonyl (C=O) groups excluding carboxylic acids is 1. The van der Waals surface area contributed by atoms with E-state index in [9.17, 15) is 4.79 Å². The van der Waals surface area contributed by atoms with Crippen molar-refractivity contribution in [2.75, 3.05) is 7.11 Å². The lowest BCUT2D eigenvalue weighted by Gasteiger charge is -2.06. The van der Waals surface area contributed by atoms with Gasteiger partial charge in [-0.15, -0.1) is 5.10 Å². The molecule has 0 spiro atoms. The fourth-order valence-electron chi connectivity index (χ4n) is 1.87. The van der Waals surface area contributed by atoms with Crippen LogP contribution in [0.2, 0.25) is 10.0 Å². The number of fused-ring (bicyclic) bond motifs is 1. The Morgan fingerprint density at radius 1 is 1.29 bits per heavy atom. The van der Waals surface area contributed by atoms with E-state index in [2.05, 4.69) is 19.8 Å². The Kier molecular flexibility index (Phi) is 3.48. The first-order chi connectivity index (χ1) is 10.1. The van der Waals surface area contributed by atoms with Crippen molar-refractivity contribution < 1.29 is 9.53 Å². The van der Waals surface area contributed by atoms with Gasteiger partial charge in [0.05, 0.1) is 17.8 Å². The van der Waals surface area contributed by atoms with E-state index in [4.69, 9.17) is 23.2 Å². The number of aromatic nitrogens is 4. The molecule has 2 aromatic heterocycles. The quantitative estimate of drug-likeness (QED) is 0.678. The number of esters is 1. The molecule has 0 radical (unpaired) electrons. The number of rotatable bonds is 2. The van der Waals surface area contributed by atoms with Crippen molar-refractivity contribution in [3.8, 4) is 11.3 Å². The van der Waals surface area contributed by atoms with Gasteiger partial charge in [-0.1, -0.05) is 23.2 Å². The number of benzene rings is 1. The molecule has 0 aliphatic rings. The summed E-state index contributed by atoms with van der Waals surface area (Å²) in [6.07, 6.45) is 1.55. The van der Waals surface area contributed by atoms with E-state index in [1.54, 1.807) is 30.5 Å². The highest BCUT2D eigenvalue weighted by Crippen LogP contribution is 2.30. The van der Waals surface area contributed by atoms with Crippen LogP contribution in [0.25, 0.3) is 17.0 Å². The van der Waals surface area contributed by atoms with Crippen LogP contribution in [0.3, 0.4) is 0 Å². The Labute approximate surface area is 129 Å². The fraction of sp³-hybridized carbons (Fsp3) is 0.0769. The molecule has 0 fully saturated rings. The number of hydrogen-bond donors (Lipinski definition) is 0. The van der Waals surface area contributed by atoms with Gasteiger partial charge in [-0.3, -0.25) is 0 Å². The minimum absolute atomic E-state index is 0.0735. The van der Waals surface area contributed by atoms with Gasteiger partial charge in [0.25, 0.3) is 11.6 Å². The summed E-state index contributed by atoms with van der Waals surface area (Å²) in [6, 6.07) is 6.79. The predicted octanol–water partition coefficient (Wildman–Crippen LogP) is 2.88. The predicted molar refractivity (Wildman–Crippen MR) is 77.6 cm³/mol. The average Bonchev–Trinajstić information content (AvgIpc) is 2.93. The van der Waals surface area contributed by atoms with Crippen molar-refractivity contribution >= 4 is 34.9 Å². The van der Waals surface area contributed by atoms with Gasteiger partial charge in [0.2, 0.25) is 0 Å². The normalized spacial score (nSPS) is 10.8. The van der Waals surface area contributed by atoms with Crippen LogP contribution in [0.5, 0.6) is 0 Å². The van der Waals surface area contributed by atoms with Crippen LogP contribution in [-0.4, -0.2) is 32.7 Å². The summed E-state index contributed by atoms with van der Waals surface area (Å²) in [7, 11) is 1.26. The van der Waals surface area contributed by atoms with E-state index in [0.717, 1.165) is 0 Å². The van der Waals surface area contributed by atoms with Crippen LogP contribution in [-0.2, 0) is 4.74 Å². The summed E-state index contributed by atoms with van der Waals surface area (Å²) >= 11 is 12.2. The van der Waals surface area contributed by atoms with Crippen LogP contribution in [0.1, 0.15) is 10.6 Å². The molecule has 1 aromatic carbocycles. The number of halogens is 2. The maximum absolute atomic E-state index is 11.5. The van der Waals surface area contributed by atoms with Gasteiger partial charge in [-0.05, 0) is 24.3 Å². The minimum atomic E-state index is -0.636. The molecule has 0 aliphatic carbocycles. The van der Waals surface area contributed by atoms with Crippen molar-refractivity contribution in [3.05, 3.63) is 46.3 Å². The molecule has 0 amide bonds. The monoisotopic (exact) mass is 322 g/mol. The molecule has 0 atom stereocenters. The van der Waals surface area contributed by atoms with Crippen molar-refractivity contribution in [2.24, 2.45) is 0 Å². The third-order valence-electron chi connectivity index (χ3n) is 2.81.